The molecule has 0 amide bonds. The smallest absolute Gasteiger partial charge is 0.178 e. The highest BCUT2D eigenvalue weighted by Crippen LogP contribution is 2.12. The fourth-order valence-corrected chi connectivity index (χ4v) is 1.03. The number of aldehydes is 1. The molecule has 0 bridgehead atoms. The minimum atomic E-state index is -0.353. The summed E-state index contributed by atoms with van der Waals surface area (Å²) in [5, 5.41) is 0. The molecule has 3 nitrogen and oxygen atoms in total. The Kier molecular flexibility index (Phi) is 3.44. The number of hydrogen-bond acceptors (Lipinski definition) is 3. The van der Waals surface area contributed by atoms with E-state index in [0.717, 1.165) is 6.29 Å². The molecule has 0 spiro atoms. The summed E-state index contributed by atoms with van der Waals surface area (Å²) < 4.78 is 10.6. The van der Waals surface area contributed by atoms with Crippen LogP contribution in [0.1, 0.15) is 20.3 Å². The zero-order chi connectivity index (χ0) is 8.97. The van der Waals surface area contributed by atoms with Gasteiger partial charge in [-0.15, -0.1) is 0 Å². The first kappa shape index (κ1) is 9.42. The predicted octanol–water partition coefficient (Wildman–Crippen LogP) is 1.28. The molecule has 0 saturated heterocycles. The zero-order valence-electron chi connectivity index (χ0n) is 7.40. The lowest BCUT2D eigenvalue weighted by atomic mass is 10.2. The van der Waals surface area contributed by atoms with E-state index in [0.29, 0.717) is 6.42 Å². The van der Waals surface area contributed by atoms with E-state index in [4.69, 9.17) is 9.47 Å². The van der Waals surface area contributed by atoms with Crippen molar-refractivity contribution in [2.75, 3.05) is 0 Å². The number of rotatable bonds is 3. The third kappa shape index (κ3) is 2.75. The highest BCUT2D eigenvalue weighted by atomic mass is 16.7. The minimum Gasteiger partial charge on any atom is -0.346 e. The summed E-state index contributed by atoms with van der Waals surface area (Å²) >= 11 is 0. The first-order valence-electron chi connectivity index (χ1n) is 4.15. The van der Waals surface area contributed by atoms with Gasteiger partial charge in [0.25, 0.3) is 0 Å². The van der Waals surface area contributed by atoms with E-state index >= 15 is 0 Å². The second-order valence-electron chi connectivity index (χ2n) is 3.03. The van der Waals surface area contributed by atoms with Crippen molar-refractivity contribution in [2.24, 2.45) is 0 Å². The molecule has 1 aliphatic heterocycles. The number of carbonyl (C=O) groups is 1. The maximum Gasteiger partial charge on any atom is 0.178 e. The molecule has 0 fully saturated rings. The van der Waals surface area contributed by atoms with Gasteiger partial charge in [0.1, 0.15) is 12.4 Å². The largest absolute Gasteiger partial charge is 0.346 e. The van der Waals surface area contributed by atoms with Crippen LogP contribution in [-0.4, -0.2) is 24.8 Å². The van der Waals surface area contributed by atoms with Crippen LogP contribution in [-0.2, 0) is 14.3 Å². The molecule has 0 aromatic rings. The molecular weight excluding hydrogens is 156 g/mol. The van der Waals surface area contributed by atoms with Crippen molar-refractivity contribution >= 4 is 6.29 Å². The predicted molar refractivity (Wildman–Crippen MR) is 44.7 cm³/mol. The molecule has 0 aromatic heterocycles. The van der Waals surface area contributed by atoms with Crippen molar-refractivity contribution in [3.63, 3.8) is 0 Å². The molecule has 1 rings (SSSR count). The number of ether oxygens (including phenoxy) is 2. The Balaban J connectivity index is 2.40. The summed E-state index contributed by atoms with van der Waals surface area (Å²) in [6, 6.07) is 0. The van der Waals surface area contributed by atoms with Crippen LogP contribution in [0.5, 0.6) is 0 Å². The second-order valence-corrected chi connectivity index (χ2v) is 3.03. The fourth-order valence-electron chi connectivity index (χ4n) is 1.03. The maximum absolute atomic E-state index is 10.4. The van der Waals surface area contributed by atoms with E-state index in [1.54, 1.807) is 0 Å². The van der Waals surface area contributed by atoms with Gasteiger partial charge in [0, 0.05) is 0 Å². The molecular formula is C9H14O3. The molecule has 3 heteroatoms. The van der Waals surface area contributed by atoms with E-state index in [9.17, 15) is 4.79 Å². The van der Waals surface area contributed by atoms with Gasteiger partial charge in [-0.2, -0.15) is 0 Å². The van der Waals surface area contributed by atoms with Gasteiger partial charge in [-0.3, -0.25) is 0 Å². The lowest BCUT2D eigenvalue weighted by Crippen LogP contribution is -2.29. The van der Waals surface area contributed by atoms with E-state index in [-0.39, 0.29) is 18.5 Å². The van der Waals surface area contributed by atoms with Crippen LogP contribution in [0.4, 0.5) is 0 Å². The highest BCUT2D eigenvalue weighted by molar-refractivity contribution is 5.56. The SMILES string of the molecule is CC(C)O[C@@H]1C=CC[C@@H](C=O)O1. The fraction of sp³-hybridized carbons (Fsp3) is 0.667. The third-order valence-corrected chi connectivity index (χ3v) is 1.53. The molecule has 0 radical (unpaired) electrons. The van der Waals surface area contributed by atoms with Crippen LogP contribution < -0.4 is 0 Å². The Hall–Kier alpha value is -0.670. The Bertz CT molecular complexity index is 175. The molecule has 2 atom stereocenters. The lowest BCUT2D eigenvalue weighted by molar-refractivity contribution is -0.167. The van der Waals surface area contributed by atoms with Crippen molar-refractivity contribution in [3.8, 4) is 0 Å². The van der Waals surface area contributed by atoms with Crippen LogP contribution in [0.3, 0.4) is 0 Å². The highest BCUT2D eigenvalue weighted by Gasteiger charge is 2.18. The third-order valence-electron chi connectivity index (χ3n) is 1.53. The molecule has 68 valence electrons. The van der Waals surface area contributed by atoms with Gasteiger partial charge < -0.3 is 14.3 Å². The zero-order valence-corrected chi connectivity index (χ0v) is 7.40. The van der Waals surface area contributed by atoms with Gasteiger partial charge in [-0.05, 0) is 26.3 Å². The first-order chi connectivity index (χ1) is 5.72. The van der Waals surface area contributed by atoms with Gasteiger partial charge in [0.15, 0.2) is 6.29 Å². The van der Waals surface area contributed by atoms with Crippen molar-refractivity contribution in [1.29, 1.82) is 0 Å². The van der Waals surface area contributed by atoms with Gasteiger partial charge in [0.2, 0.25) is 0 Å². The van der Waals surface area contributed by atoms with Crippen molar-refractivity contribution in [1.82, 2.24) is 0 Å². The second kappa shape index (κ2) is 4.38. The summed E-state index contributed by atoms with van der Waals surface area (Å²) in [4.78, 5) is 10.4. The molecule has 0 unspecified atom stereocenters. The summed E-state index contributed by atoms with van der Waals surface area (Å²) in [7, 11) is 0. The van der Waals surface area contributed by atoms with Crippen LogP contribution in [0.15, 0.2) is 12.2 Å². The van der Waals surface area contributed by atoms with E-state index in [2.05, 4.69) is 0 Å². The van der Waals surface area contributed by atoms with E-state index in [1.807, 2.05) is 26.0 Å². The number of carbonyl (C=O) groups excluding carboxylic acids is 1. The summed E-state index contributed by atoms with van der Waals surface area (Å²) in [5.74, 6) is 0. The lowest BCUT2D eigenvalue weighted by Gasteiger charge is -2.23. The first-order valence-corrected chi connectivity index (χ1v) is 4.15. The Morgan fingerprint density at radius 3 is 3.00 bits per heavy atom. The topological polar surface area (TPSA) is 35.5 Å². The average Bonchev–Trinajstić information content (AvgIpc) is 2.03. The quantitative estimate of drug-likeness (QED) is 0.473. The Labute approximate surface area is 72.4 Å². The van der Waals surface area contributed by atoms with E-state index in [1.165, 1.54) is 0 Å². The number of hydrogen-bond donors (Lipinski definition) is 0. The van der Waals surface area contributed by atoms with Crippen LogP contribution >= 0.6 is 0 Å². The van der Waals surface area contributed by atoms with E-state index < -0.39 is 0 Å². The van der Waals surface area contributed by atoms with Crippen molar-refractivity contribution < 1.29 is 14.3 Å². The van der Waals surface area contributed by atoms with Gasteiger partial charge in [-0.1, -0.05) is 6.08 Å². The van der Waals surface area contributed by atoms with Crippen molar-refractivity contribution in [3.05, 3.63) is 12.2 Å². The molecule has 0 saturated carbocycles. The molecule has 12 heavy (non-hydrogen) atoms. The monoisotopic (exact) mass is 170 g/mol. The Morgan fingerprint density at radius 1 is 1.67 bits per heavy atom. The van der Waals surface area contributed by atoms with Crippen LogP contribution in [0.2, 0.25) is 0 Å². The minimum absolute atomic E-state index is 0.116. The maximum atomic E-state index is 10.4. The summed E-state index contributed by atoms with van der Waals surface area (Å²) in [6.45, 7) is 3.86. The van der Waals surface area contributed by atoms with Gasteiger partial charge in [-0.25, -0.2) is 0 Å². The van der Waals surface area contributed by atoms with Crippen molar-refractivity contribution in [2.45, 2.75) is 38.8 Å². The molecule has 1 heterocycles. The van der Waals surface area contributed by atoms with Crippen LogP contribution in [0.25, 0.3) is 0 Å². The summed E-state index contributed by atoms with van der Waals surface area (Å²) in [6.07, 6.45) is 4.63. The summed E-state index contributed by atoms with van der Waals surface area (Å²) in [5.41, 5.74) is 0. The standard InChI is InChI=1S/C9H14O3/c1-7(2)11-9-5-3-4-8(6-10)12-9/h3,5-9H,4H2,1-2H3/t8-,9-/m0/s1. The normalized spacial score (nSPS) is 29.2. The van der Waals surface area contributed by atoms with Gasteiger partial charge >= 0.3 is 0 Å². The molecule has 0 N–H and O–H groups in total. The van der Waals surface area contributed by atoms with Gasteiger partial charge in [0.05, 0.1) is 6.10 Å². The molecule has 1 aliphatic rings. The average molecular weight is 170 g/mol. The Morgan fingerprint density at radius 2 is 2.42 bits per heavy atom. The van der Waals surface area contributed by atoms with Crippen LogP contribution in [0, 0.1) is 0 Å². The molecule has 0 aromatic carbocycles. The molecule has 0 aliphatic carbocycles.